The minimum absolute atomic E-state index is 0.0389. The molecule has 0 saturated carbocycles. The molecule has 0 atom stereocenters. The van der Waals surface area contributed by atoms with Crippen LogP contribution in [0.5, 0.6) is 23.0 Å². The molecule has 1 aliphatic rings. The molecule has 94 valence electrons. The maximum atomic E-state index is 9.97. The van der Waals surface area contributed by atoms with Crippen LogP contribution in [0.15, 0.2) is 6.07 Å². The lowest BCUT2D eigenvalue weighted by Gasteiger charge is -2.33. The third kappa shape index (κ3) is 1.99. The zero-order valence-corrected chi connectivity index (χ0v) is 10.7. The van der Waals surface area contributed by atoms with Crippen molar-refractivity contribution in [1.82, 2.24) is 0 Å². The van der Waals surface area contributed by atoms with E-state index in [-0.39, 0.29) is 11.4 Å². The van der Waals surface area contributed by atoms with Crippen molar-refractivity contribution < 1.29 is 19.3 Å². The number of fused-ring (bicyclic) bond motifs is 1. The Morgan fingerprint density at radius 2 is 2.00 bits per heavy atom. The van der Waals surface area contributed by atoms with Gasteiger partial charge in [0.05, 0.1) is 14.2 Å². The van der Waals surface area contributed by atoms with Gasteiger partial charge in [-0.2, -0.15) is 0 Å². The Morgan fingerprint density at radius 1 is 1.29 bits per heavy atom. The van der Waals surface area contributed by atoms with E-state index in [9.17, 15) is 5.11 Å². The van der Waals surface area contributed by atoms with Gasteiger partial charge in [0.1, 0.15) is 11.4 Å². The number of ether oxygens (including phenoxy) is 3. The molecule has 0 spiro atoms. The molecule has 17 heavy (non-hydrogen) atoms. The lowest BCUT2D eigenvalue weighted by molar-refractivity contribution is 0.0828. The quantitative estimate of drug-likeness (QED) is 0.860. The van der Waals surface area contributed by atoms with E-state index in [0.29, 0.717) is 11.5 Å². The van der Waals surface area contributed by atoms with E-state index >= 15 is 0 Å². The van der Waals surface area contributed by atoms with Gasteiger partial charge >= 0.3 is 0 Å². The third-order valence-corrected chi connectivity index (χ3v) is 3.07. The van der Waals surface area contributed by atoms with Gasteiger partial charge in [-0.25, -0.2) is 0 Å². The highest BCUT2D eigenvalue weighted by Crippen LogP contribution is 2.48. The number of phenols is 1. The fourth-order valence-electron chi connectivity index (χ4n) is 2.12. The summed E-state index contributed by atoms with van der Waals surface area (Å²) in [6.07, 6.45) is 1.71. The highest BCUT2D eigenvalue weighted by atomic mass is 16.5. The first-order valence-corrected chi connectivity index (χ1v) is 5.64. The second-order valence-electron chi connectivity index (χ2n) is 4.80. The van der Waals surface area contributed by atoms with Crippen molar-refractivity contribution in [2.45, 2.75) is 32.3 Å². The standard InChI is InChI=1S/C13H18O4/c1-13(2)6-5-8-9(17-13)7-10(15-3)11(14)12(8)16-4/h7,14H,5-6H2,1-4H3. The van der Waals surface area contributed by atoms with Crippen LogP contribution in [0.25, 0.3) is 0 Å². The van der Waals surface area contributed by atoms with Crippen LogP contribution in [0.1, 0.15) is 25.8 Å². The van der Waals surface area contributed by atoms with E-state index in [1.807, 2.05) is 13.8 Å². The Kier molecular flexibility index (Phi) is 2.81. The van der Waals surface area contributed by atoms with Gasteiger partial charge < -0.3 is 19.3 Å². The maximum absolute atomic E-state index is 9.97. The van der Waals surface area contributed by atoms with Crippen LogP contribution in [0.4, 0.5) is 0 Å². The molecule has 0 unspecified atom stereocenters. The van der Waals surface area contributed by atoms with E-state index in [1.54, 1.807) is 6.07 Å². The summed E-state index contributed by atoms with van der Waals surface area (Å²) in [5.41, 5.74) is 0.713. The molecule has 4 heteroatoms. The van der Waals surface area contributed by atoms with Crippen LogP contribution in [-0.4, -0.2) is 24.9 Å². The van der Waals surface area contributed by atoms with Crippen molar-refractivity contribution in [3.8, 4) is 23.0 Å². The van der Waals surface area contributed by atoms with Crippen LogP contribution in [0.3, 0.4) is 0 Å². The summed E-state index contributed by atoms with van der Waals surface area (Å²) < 4.78 is 16.2. The minimum Gasteiger partial charge on any atom is -0.502 e. The second-order valence-corrected chi connectivity index (χ2v) is 4.80. The van der Waals surface area contributed by atoms with Crippen LogP contribution < -0.4 is 14.2 Å². The molecule has 0 saturated heterocycles. The molecule has 0 bridgehead atoms. The minimum atomic E-state index is -0.194. The van der Waals surface area contributed by atoms with Gasteiger partial charge in [-0.3, -0.25) is 0 Å². The SMILES string of the molecule is COc1cc2c(c(OC)c1O)CCC(C)(C)O2. The lowest BCUT2D eigenvalue weighted by Crippen LogP contribution is -2.32. The van der Waals surface area contributed by atoms with Crippen molar-refractivity contribution in [2.75, 3.05) is 14.2 Å². The number of hydrogen-bond donors (Lipinski definition) is 1. The number of benzene rings is 1. The second kappa shape index (κ2) is 4.02. The molecule has 0 aliphatic carbocycles. The summed E-state index contributed by atoms with van der Waals surface area (Å²) in [6, 6.07) is 1.72. The summed E-state index contributed by atoms with van der Waals surface area (Å²) in [4.78, 5) is 0. The third-order valence-electron chi connectivity index (χ3n) is 3.07. The summed E-state index contributed by atoms with van der Waals surface area (Å²) in [7, 11) is 3.05. The molecule has 0 amide bonds. The Morgan fingerprint density at radius 3 is 2.59 bits per heavy atom. The first kappa shape index (κ1) is 11.9. The van der Waals surface area contributed by atoms with Crippen LogP contribution in [0.2, 0.25) is 0 Å². The van der Waals surface area contributed by atoms with E-state index in [1.165, 1.54) is 14.2 Å². The molecule has 0 radical (unpaired) electrons. The summed E-state index contributed by atoms with van der Waals surface area (Å²) >= 11 is 0. The molecule has 0 fully saturated rings. The fourth-order valence-corrected chi connectivity index (χ4v) is 2.12. The molecule has 4 nitrogen and oxygen atoms in total. The van der Waals surface area contributed by atoms with Gasteiger partial charge in [-0.1, -0.05) is 0 Å². The van der Waals surface area contributed by atoms with E-state index in [0.717, 1.165) is 24.2 Å². The first-order valence-electron chi connectivity index (χ1n) is 5.64. The molecule has 1 heterocycles. The molecule has 1 aromatic carbocycles. The zero-order valence-electron chi connectivity index (χ0n) is 10.7. The van der Waals surface area contributed by atoms with Gasteiger partial charge in [0.25, 0.3) is 0 Å². The normalized spacial score (nSPS) is 16.9. The summed E-state index contributed by atoms with van der Waals surface area (Å²) in [5.74, 6) is 1.60. The number of phenolic OH excluding ortho intramolecular Hbond substituents is 1. The molecule has 1 aliphatic heterocycles. The highest BCUT2D eigenvalue weighted by Gasteiger charge is 2.31. The Hall–Kier alpha value is -1.58. The first-order chi connectivity index (χ1) is 7.98. The van der Waals surface area contributed by atoms with Crippen molar-refractivity contribution in [2.24, 2.45) is 0 Å². The van der Waals surface area contributed by atoms with E-state index in [4.69, 9.17) is 14.2 Å². The van der Waals surface area contributed by atoms with Gasteiger partial charge in [0, 0.05) is 11.6 Å². The Labute approximate surface area is 101 Å². The monoisotopic (exact) mass is 238 g/mol. The summed E-state index contributed by atoms with van der Waals surface area (Å²) in [5, 5.41) is 9.97. The highest BCUT2D eigenvalue weighted by molar-refractivity contribution is 5.61. The molecule has 1 N–H and O–H groups in total. The molecule has 0 aromatic heterocycles. The van der Waals surface area contributed by atoms with Gasteiger partial charge in [0.15, 0.2) is 11.5 Å². The van der Waals surface area contributed by atoms with Crippen molar-refractivity contribution in [1.29, 1.82) is 0 Å². The lowest BCUT2D eigenvalue weighted by atomic mass is 9.93. The maximum Gasteiger partial charge on any atom is 0.201 e. The van der Waals surface area contributed by atoms with Gasteiger partial charge in [0.2, 0.25) is 5.75 Å². The number of aromatic hydroxyl groups is 1. The van der Waals surface area contributed by atoms with E-state index in [2.05, 4.69) is 0 Å². The van der Waals surface area contributed by atoms with E-state index < -0.39 is 0 Å². The molecule has 1 aromatic rings. The fraction of sp³-hybridized carbons (Fsp3) is 0.538. The average Bonchev–Trinajstić information content (AvgIpc) is 2.28. The number of rotatable bonds is 2. The van der Waals surface area contributed by atoms with Gasteiger partial charge in [-0.05, 0) is 26.7 Å². The number of hydrogen-bond acceptors (Lipinski definition) is 4. The predicted octanol–water partition coefficient (Wildman–Crippen LogP) is 2.51. The van der Waals surface area contributed by atoms with Crippen LogP contribution in [0, 0.1) is 0 Å². The van der Waals surface area contributed by atoms with Gasteiger partial charge in [-0.15, -0.1) is 0 Å². The van der Waals surface area contributed by atoms with Crippen molar-refractivity contribution in [3.63, 3.8) is 0 Å². The van der Waals surface area contributed by atoms with Crippen molar-refractivity contribution >= 4 is 0 Å². The smallest absolute Gasteiger partial charge is 0.201 e. The van der Waals surface area contributed by atoms with Crippen molar-refractivity contribution in [3.05, 3.63) is 11.6 Å². The zero-order chi connectivity index (χ0) is 12.6. The topological polar surface area (TPSA) is 47.9 Å². The largest absolute Gasteiger partial charge is 0.502 e. The molecular formula is C13H18O4. The summed E-state index contributed by atoms with van der Waals surface area (Å²) in [6.45, 7) is 4.09. The Bertz CT molecular complexity index is 438. The Balaban J connectivity index is 2.56. The predicted molar refractivity (Wildman–Crippen MR) is 64.2 cm³/mol. The average molecular weight is 238 g/mol. The van der Waals surface area contributed by atoms with Crippen LogP contribution in [-0.2, 0) is 6.42 Å². The molecule has 2 rings (SSSR count). The van der Waals surface area contributed by atoms with Crippen LogP contribution >= 0.6 is 0 Å². The number of methoxy groups -OCH3 is 2. The molecular weight excluding hydrogens is 220 g/mol.